The first-order valence-corrected chi connectivity index (χ1v) is 11.2. The van der Waals surface area contributed by atoms with Gasteiger partial charge in [-0.15, -0.1) is 0 Å². The molecule has 0 radical (unpaired) electrons. The van der Waals surface area contributed by atoms with E-state index < -0.39 is 41.8 Å². The van der Waals surface area contributed by atoms with Gasteiger partial charge in [0.1, 0.15) is 11.7 Å². The fraction of sp³-hybridized carbons (Fsp3) is 0.348. The number of rotatable bonds is 4. The molecule has 5 rings (SSSR count). The molecule has 190 valence electrons. The Morgan fingerprint density at radius 2 is 1.75 bits per heavy atom. The number of alkyl halides is 6. The minimum atomic E-state index is -4.78. The Kier molecular flexibility index (Phi) is 5.69. The lowest BCUT2D eigenvalue weighted by Gasteiger charge is -2.29. The Hall–Kier alpha value is -3.28. The van der Waals surface area contributed by atoms with Gasteiger partial charge in [0.25, 0.3) is 5.91 Å². The van der Waals surface area contributed by atoms with Crippen LogP contribution in [0, 0.1) is 5.92 Å². The van der Waals surface area contributed by atoms with E-state index in [4.69, 9.17) is 11.6 Å². The summed E-state index contributed by atoms with van der Waals surface area (Å²) in [5.41, 5.74) is -1.56. The van der Waals surface area contributed by atoms with Crippen LogP contribution in [-0.2, 0) is 11.0 Å². The number of pyridine rings is 1. The van der Waals surface area contributed by atoms with Crippen LogP contribution in [0.4, 0.5) is 26.3 Å². The van der Waals surface area contributed by atoms with Gasteiger partial charge in [0, 0.05) is 18.4 Å². The SMILES string of the molecule is O=C(N[C@H](c1ccccc1)C(F)(F)F)[C@H]1C[C@H]2C[C@H]2N1C(=O)c1cn2cc(C(F)(F)F)cc(Cl)c2n1. The number of aromatic nitrogens is 2. The number of benzene rings is 1. The standard InChI is InChI=1S/C23H17ClF6N4O2/c24-14-8-13(22(25,26)27)9-33-10-15(31-19(14)33)21(36)34-16-6-12(16)7-17(34)20(35)32-18(23(28,29)30)11-4-2-1-3-5-11/h1-5,8-10,12,16-18H,6-7H2,(H,32,35)/t12-,16-,17-,18-/m1/s1. The second kappa shape index (κ2) is 8.39. The van der Waals surface area contributed by atoms with Crippen molar-refractivity contribution in [2.24, 2.45) is 5.92 Å². The maximum Gasteiger partial charge on any atom is 0.417 e. The van der Waals surface area contributed by atoms with E-state index in [1.165, 1.54) is 29.2 Å². The van der Waals surface area contributed by atoms with Gasteiger partial charge < -0.3 is 14.6 Å². The summed E-state index contributed by atoms with van der Waals surface area (Å²) in [4.78, 5) is 31.5. The summed E-state index contributed by atoms with van der Waals surface area (Å²) < 4.78 is 81.5. The molecule has 0 spiro atoms. The van der Waals surface area contributed by atoms with Crippen molar-refractivity contribution in [2.75, 3.05) is 0 Å². The number of fused-ring (bicyclic) bond motifs is 2. The molecule has 2 fully saturated rings. The molecule has 1 saturated heterocycles. The molecular weight excluding hydrogens is 514 g/mol. The van der Waals surface area contributed by atoms with Crippen LogP contribution in [-0.4, -0.2) is 44.4 Å². The molecular formula is C23H17ClF6N4O2. The smallest absolute Gasteiger partial charge is 0.339 e. The predicted octanol–water partition coefficient (Wildman–Crippen LogP) is 5.03. The van der Waals surface area contributed by atoms with E-state index in [1.54, 1.807) is 6.07 Å². The van der Waals surface area contributed by atoms with E-state index >= 15 is 0 Å². The third-order valence-electron chi connectivity index (χ3n) is 6.44. The van der Waals surface area contributed by atoms with Crippen LogP contribution in [0.2, 0.25) is 5.02 Å². The molecule has 3 heterocycles. The maximum absolute atomic E-state index is 13.7. The van der Waals surface area contributed by atoms with Crippen molar-refractivity contribution in [1.29, 1.82) is 0 Å². The van der Waals surface area contributed by atoms with Gasteiger partial charge in [0.15, 0.2) is 11.7 Å². The highest BCUT2D eigenvalue weighted by molar-refractivity contribution is 6.33. The zero-order chi connectivity index (χ0) is 26.0. The Labute approximate surface area is 204 Å². The Morgan fingerprint density at radius 1 is 1.06 bits per heavy atom. The second-order valence-corrected chi connectivity index (χ2v) is 9.26. The van der Waals surface area contributed by atoms with Crippen molar-refractivity contribution in [3.8, 4) is 0 Å². The average Bonchev–Trinajstić information content (AvgIpc) is 3.25. The largest absolute Gasteiger partial charge is 0.417 e. The first-order chi connectivity index (χ1) is 16.8. The molecule has 2 amide bonds. The first kappa shape index (κ1) is 24.4. The Bertz CT molecular complexity index is 1340. The molecule has 13 heteroatoms. The third kappa shape index (κ3) is 4.38. The summed E-state index contributed by atoms with van der Waals surface area (Å²) in [5, 5.41) is 1.69. The number of nitrogens with one attached hydrogen (secondary N) is 1. The van der Waals surface area contributed by atoms with Gasteiger partial charge in [-0.05, 0) is 30.4 Å². The van der Waals surface area contributed by atoms with Gasteiger partial charge in [-0.1, -0.05) is 41.9 Å². The monoisotopic (exact) mass is 530 g/mol. The van der Waals surface area contributed by atoms with Crippen molar-refractivity contribution in [2.45, 2.75) is 43.3 Å². The van der Waals surface area contributed by atoms with Gasteiger partial charge in [-0.25, -0.2) is 4.98 Å². The molecule has 2 aliphatic rings. The van der Waals surface area contributed by atoms with Gasteiger partial charge in [0.05, 0.1) is 10.6 Å². The number of carbonyl (C=O) groups excluding carboxylic acids is 2. The van der Waals surface area contributed by atoms with Crippen molar-refractivity contribution in [1.82, 2.24) is 19.6 Å². The number of amides is 2. The van der Waals surface area contributed by atoms with E-state index in [-0.39, 0.29) is 40.3 Å². The van der Waals surface area contributed by atoms with E-state index in [1.807, 2.05) is 5.32 Å². The molecule has 1 aliphatic heterocycles. The quantitative estimate of drug-likeness (QED) is 0.481. The van der Waals surface area contributed by atoms with Crippen molar-refractivity contribution < 1.29 is 35.9 Å². The molecule has 36 heavy (non-hydrogen) atoms. The van der Waals surface area contributed by atoms with E-state index in [9.17, 15) is 35.9 Å². The zero-order valence-electron chi connectivity index (χ0n) is 18.1. The Morgan fingerprint density at radius 3 is 2.39 bits per heavy atom. The number of hydrogen-bond acceptors (Lipinski definition) is 3. The molecule has 4 atom stereocenters. The molecule has 1 saturated carbocycles. The lowest BCUT2D eigenvalue weighted by Crippen LogP contribution is -2.50. The van der Waals surface area contributed by atoms with Crippen LogP contribution in [0.1, 0.15) is 40.5 Å². The lowest BCUT2D eigenvalue weighted by atomic mass is 10.0. The van der Waals surface area contributed by atoms with E-state index in [0.717, 1.165) is 16.8 Å². The third-order valence-corrected chi connectivity index (χ3v) is 6.72. The van der Waals surface area contributed by atoms with E-state index in [0.29, 0.717) is 12.5 Å². The Balaban J connectivity index is 1.42. The van der Waals surface area contributed by atoms with Crippen LogP contribution in [0.25, 0.3) is 5.65 Å². The molecule has 3 aromatic rings. The number of hydrogen-bond donors (Lipinski definition) is 1. The normalized spacial score (nSPS) is 22.4. The lowest BCUT2D eigenvalue weighted by molar-refractivity contribution is -0.164. The minimum absolute atomic E-state index is 0.0526. The summed E-state index contributed by atoms with van der Waals surface area (Å²) in [6, 6.07) is 3.73. The summed E-state index contributed by atoms with van der Waals surface area (Å²) >= 11 is 5.94. The topological polar surface area (TPSA) is 66.7 Å². The number of piperidine rings is 1. The second-order valence-electron chi connectivity index (χ2n) is 8.85. The van der Waals surface area contributed by atoms with Crippen LogP contribution >= 0.6 is 11.6 Å². The molecule has 6 nitrogen and oxygen atoms in total. The van der Waals surface area contributed by atoms with Crippen molar-refractivity contribution >= 4 is 29.1 Å². The summed E-state index contributed by atoms with van der Waals surface area (Å²) in [6.45, 7) is 0. The van der Waals surface area contributed by atoms with Crippen molar-refractivity contribution in [3.63, 3.8) is 0 Å². The van der Waals surface area contributed by atoms with Gasteiger partial charge >= 0.3 is 12.4 Å². The molecule has 0 unspecified atom stereocenters. The number of carbonyl (C=O) groups is 2. The highest BCUT2D eigenvalue weighted by Gasteiger charge is 2.57. The first-order valence-electron chi connectivity index (χ1n) is 10.8. The number of imidazole rings is 1. The maximum atomic E-state index is 13.7. The summed E-state index contributed by atoms with van der Waals surface area (Å²) in [5.74, 6) is -1.79. The number of nitrogens with zero attached hydrogens (tertiary/aromatic N) is 3. The molecule has 1 aromatic carbocycles. The summed E-state index contributed by atoms with van der Waals surface area (Å²) in [6.07, 6.45) is -6.92. The zero-order valence-corrected chi connectivity index (χ0v) is 18.9. The number of halogens is 7. The minimum Gasteiger partial charge on any atom is -0.339 e. The van der Waals surface area contributed by atoms with Gasteiger partial charge in [-0.3, -0.25) is 9.59 Å². The molecule has 1 aliphatic carbocycles. The molecule has 0 bridgehead atoms. The fourth-order valence-electron chi connectivity index (χ4n) is 4.67. The van der Waals surface area contributed by atoms with Crippen molar-refractivity contribution in [3.05, 3.63) is 70.6 Å². The highest BCUT2D eigenvalue weighted by atomic mass is 35.5. The van der Waals surface area contributed by atoms with Crippen LogP contribution in [0.5, 0.6) is 0 Å². The average molecular weight is 531 g/mol. The number of likely N-dealkylation sites (tertiary alicyclic amines) is 1. The summed E-state index contributed by atoms with van der Waals surface area (Å²) in [7, 11) is 0. The van der Waals surface area contributed by atoms with Crippen LogP contribution < -0.4 is 5.32 Å². The predicted molar refractivity (Wildman–Crippen MR) is 115 cm³/mol. The van der Waals surface area contributed by atoms with Crippen LogP contribution in [0.3, 0.4) is 0 Å². The highest BCUT2D eigenvalue weighted by Crippen LogP contribution is 2.48. The molecule has 2 aromatic heterocycles. The van der Waals surface area contributed by atoms with E-state index in [2.05, 4.69) is 4.98 Å². The van der Waals surface area contributed by atoms with Gasteiger partial charge in [0.2, 0.25) is 5.91 Å². The van der Waals surface area contributed by atoms with Gasteiger partial charge in [-0.2, -0.15) is 26.3 Å². The molecule has 1 N–H and O–H groups in total. The fourth-order valence-corrected chi connectivity index (χ4v) is 4.93. The van der Waals surface area contributed by atoms with Crippen LogP contribution in [0.15, 0.2) is 48.8 Å².